The normalized spacial score (nSPS) is 17.3. The quantitative estimate of drug-likeness (QED) is 0.855. The molecule has 0 saturated carbocycles. The van der Waals surface area contributed by atoms with E-state index in [0.717, 1.165) is 22.5 Å². The highest BCUT2D eigenvalue weighted by Crippen LogP contribution is 2.29. The van der Waals surface area contributed by atoms with Crippen molar-refractivity contribution in [2.45, 2.75) is 13.8 Å². The fraction of sp³-hybridized carbons (Fsp3) is 0.167. The summed E-state index contributed by atoms with van der Waals surface area (Å²) in [7, 11) is 1.84. The van der Waals surface area contributed by atoms with Crippen LogP contribution in [0.3, 0.4) is 0 Å². The number of amides is 1. The van der Waals surface area contributed by atoms with Gasteiger partial charge in [0.1, 0.15) is 11.8 Å². The average Bonchev–Trinajstić information content (AvgIpc) is 3.02. The zero-order chi connectivity index (χ0) is 17.3. The van der Waals surface area contributed by atoms with Gasteiger partial charge in [-0.1, -0.05) is 12.1 Å². The molecule has 3 rings (SSSR count). The van der Waals surface area contributed by atoms with Crippen LogP contribution in [0.25, 0.3) is 6.08 Å². The van der Waals surface area contributed by atoms with E-state index in [-0.39, 0.29) is 5.91 Å². The van der Waals surface area contributed by atoms with Gasteiger partial charge < -0.3 is 9.88 Å². The Hall–Kier alpha value is -2.78. The lowest BCUT2D eigenvalue weighted by Gasteiger charge is -1.98. The number of carbonyl (C=O) groups is 1. The van der Waals surface area contributed by atoms with Gasteiger partial charge in [0.25, 0.3) is 5.91 Å². The number of carbonyl (C=O) groups excluding carboxylic acids is 1. The number of nitriles is 1. The molecule has 6 heteroatoms. The summed E-state index contributed by atoms with van der Waals surface area (Å²) in [5.41, 5.74) is 4.30. The summed E-state index contributed by atoms with van der Waals surface area (Å²) in [6.45, 7) is 3.92. The summed E-state index contributed by atoms with van der Waals surface area (Å²) in [6, 6.07) is 11.7. The molecule has 2 aromatic rings. The second-order valence-electron chi connectivity index (χ2n) is 5.56. The van der Waals surface area contributed by atoms with Gasteiger partial charge >= 0.3 is 0 Å². The summed E-state index contributed by atoms with van der Waals surface area (Å²) in [6.07, 6.45) is 1.80. The molecule has 0 spiro atoms. The molecule has 0 bridgehead atoms. The minimum absolute atomic E-state index is 0.173. The molecule has 1 fully saturated rings. The maximum atomic E-state index is 12.2. The third kappa shape index (κ3) is 3.12. The number of aromatic nitrogens is 1. The van der Waals surface area contributed by atoms with Gasteiger partial charge in [-0.05, 0) is 61.0 Å². The lowest BCUT2D eigenvalue weighted by atomic mass is 10.2. The van der Waals surface area contributed by atoms with Gasteiger partial charge in [-0.15, -0.1) is 0 Å². The van der Waals surface area contributed by atoms with Gasteiger partial charge in [0.2, 0.25) is 0 Å². The lowest BCUT2D eigenvalue weighted by molar-refractivity contribution is -0.115. The fourth-order valence-electron chi connectivity index (χ4n) is 2.41. The van der Waals surface area contributed by atoms with E-state index in [1.54, 1.807) is 12.1 Å². The molecule has 1 amide bonds. The predicted molar refractivity (Wildman–Crippen MR) is 96.8 cm³/mol. The molecule has 1 aliphatic heterocycles. The molecule has 0 aliphatic carbocycles. The van der Waals surface area contributed by atoms with Crippen LogP contribution in [0.5, 0.6) is 0 Å². The molecule has 1 saturated heterocycles. The van der Waals surface area contributed by atoms with E-state index in [1.807, 2.05) is 49.7 Å². The van der Waals surface area contributed by atoms with Gasteiger partial charge in [0.15, 0.2) is 5.17 Å². The molecule has 120 valence electrons. The van der Waals surface area contributed by atoms with Crippen molar-refractivity contribution in [3.8, 4) is 6.07 Å². The minimum atomic E-state index is -0.173. The number of aliphatic imine (C=N–C) groups is 1. The van der Waals surface area contributed by atoms with Crippen LogP contribution < -0.4 is 5.32 Å². The van der Waals surface area contributed by atoms with Crippen molar-refractivity contribution >= 4 is 34.6 Å². The summed E-state index contributed by atoms with van der Waals surface area (Å²) >= 11 is 1.30. The number of thioether (sulfide) groups is 1. The van der Waals surface area contributed by atoms with E-state index < -0.39 is 0 Å². The first-order chi connectivity index (χ1) is 11.5. The Labute approximate surface area is 144 Å². The molecule has 0 unspecified atom stereocenters. The smallest absolute Gasteiger partial charge is 0.264 e. The van der Waals surface area contributed by atoms with Crippen molar-refractivity contribution < 1.29 is 4.79 Å². The third-order valence-corrected chi connectivity index (χ3v) is 4.77. The largest absolute Gasteiger partial charge is 0.339 e. The third-order valence-electron chi connectivity index (χ3n) is 3.86. The van der Waals surface area contributed by atoms with E-state index in [2.05, 4.69) is 16.4 Å². The van der Waals surface area contributed by atoms with E-state index in [0.29, 0.717) is 15.8 Å². The Kier molecular flexibility index (Phi) is 4.28. The number of aryl methyl sites for hydroxylation is 1. The molecule has 1 aromatic carbocycles. The minimum Gasteiger partial charge on any atom is -0.339 e. The van der Waals surface area contributed by atoms with E-state index >= 15 is 0 Å². The first-order valence-electron chi connectivity index (χ1n) is 7.40. The summed E-state index contributed by atoms with van der Waals surface area (Å²) in [5, 5.41) is 12.4. The maximum absolute atomic E-state index is 12.2. The van der Waals surface area contributed by atoms with Gasteiger partial charge in [0.05, 0.1) is 10.6 Å². The number of amidine groups is 1. The van der Waals surface area contributed by atoms with Crippen molar-refractivity contribution in [1.29, 1.82) is 5.26 Å². The van der Waals surface area contributed by atoms with E-state index in [1.165, 1.54) is 11.8 Å². The topological polar surface area (TPSA) is 70.2 Å². The first-order valence-corrected chi connectivity index (χ1v) is 8.22. The summed E-state index contributed by atoms with van der Waals surface area (Å²) < 4.78 is 1.81. The maximum Gasteiger partial charge on any atom is 0.264 e. The molecule has 0 radical (unpaired) electrons. The standard InChI is InChI=1S/C18H16N4OS/c1-11-5-4-6-14(7-11)20-18-21-17(23)16(24-18)9-13-8-15(10-19)22(3)12(13)2/h4-9H,1-3H3,(H,20,21,23)/b16-9+. The fourth-order valence-corrected chi connectivity index (χ4v) is 3.25. The van der Waals surface area contributed by atoms with Crippen molar-refractivity contribution in [1.82, 2.24) is 9.88 Å². The van der Waals surface area contributed by atoms with Crippen molar-refractivity contribution in [3.05, 3.63) is 57.8 Å². The Morgan fingerprint density at radius 2 is 2.12 bits per heavy atom. The molecule has 5 nitrogen and oxygen atoms in total. The van der Waals surface area contributed by atoms with Crippen LogP contribution in [0.4, 0.5) is 5.69 Å². The van der Waals surface area contributed by atoms with E-state index in [4.69, 9.17) is 5.26 Å². The molecular weight excluding hydrogens is 320 g/mol. The Bertz CT molecular complexity index is 931. The number of nitrogens with zero attached hydrogens (tertiary/aromatic N) is 3. The van der Waals surface area contributed by atoms with Crippen LogP contribution in [-0.2, 0) is 11.8 Å². The highest BCUT2D eigenvalue weighted by Gasteiger charge is 2.24. The van der Waals surface area contributed by atoms with Gasteiger partial charge in [-0.3, -0.25) is 4.79 Å². The number of rotatable bonds is 2. The molecule has 1 aromatic heterocycles. The molecule has 1 aliphatic rings. The second kappa shape index (κ2) is 6.38. The van der Waals surface area contributed by atoms with Crippen LogP contribution >= 0.6 is 11.8 Å². The van der Waals surface area contributed by atoms with Gasteiger partial charge in [0, 0.05) is 12.7 Å². The van der Waals surface area contributed by atoms with E-state index in [9.17, 15) is 4.79 Å². The highest BCUT2D eigenvalue weighted by molar-refractivity contribution is 8.18. The number of nitrogens with one attached hydrogen (secondary N) is 1. The summed E-state index contributed by atoms with van der Waals surface area (Å²) in [4.78, 5) is 17.2. The number of hydrogen-bond donors (Lipinski definition) is 1. The van der Waals surface area contributed by atoms with Gasteiger partial charge in [-0.2, -0.15) is 5.26 Å². The predicted octanol–water partition coefficient (Wildman–Crippen LogP) is 3.41. The number of hydrogen-bond acceptors (Lipinski definition) is 4. The van der Waals surface area contributed by atoms with Crippen LogP contribution in [0.1, 0.15) is 22.5 Å². The van der Waals surface area contributed by atoms with Crippen LogP contribution in [0.15, 0.2) is 40.2 Å². The zero-order valence-electron chi connectivity index (χ0n) is 13.6. The van der Waals surface area contributed by atoms with Crippen molar-refractivity contribution in [3.63, 3.8) is 0 Å². The van der Waals surface area contributed by atoms with Crippen molar-refractivity contribution in [2.75, 3.05) is 0 Å². The lowest BCUT2D eigenvalue weighted by Crippen LogP contribution is -2.19. The molecule has 2 heterocycles. The Balaban J connectivity index is 1.89. The average molecular weight is 336 g/mol. The molecular formula is C18H16N4OS. The first kappa shape index (κ1) is 16.1. The zero-order valence-corrected chi connectivity index (χ0v) is 14.4. The molecule has 1 N–H and O–H groups in total. The van der Waals surface area contributed by atoms with Crippen molar-refractivity contribution in [2.24, 2.45) is 12.0 Å². The van der Waals surface area contributed by atoms with Crippen LogP contribution in [0.2, 0.25) is 0 Å². The molecule has 24 heavy (non-hydrogen) atoms. The highest BCUT2D eigenvalue weighted by atomic mass is 32.2. The SMILES string of the molecule is Cc1cccc(N=C2NC(=O)/C(=C\c3cc(C#N)n(C)c3C)S2)c1. The monoisotopic (exact) mass is 336 g/mol. The second-order valence-corrected chi connectivity index (χ2v) is 6.59. The molecule has 0 atom stereocenters. The number of benzene rings is 1. The summed E-state index contributed by atoms with van der Waals surface area (Å²) in [5.74, 6) is -0.173. The Morgan fingerprint density at radius 1 is 1.33 bits per heavy atom. The van der Waals surface area contributed by atoms with Crippen LogP contribution in [-0.4, -0.2) is 15.6 Å². The Morgan fingerprint density at radius 3 is 2.79 bits per heavy atom. The van der Waals surface area contributed by atoms with Gasteiger partial charge in [-0.25, -0.2) is 4.99 Å². The van der Waals surface area contributed by atoms with Crippen LogP contribution in [0, 0.1) is 25.2 Å².